The largest absolute Gasteiger partial charge is 0.490 e. The maximum absolute atomic E-state index is 11.9. The molecule has 1 aromatic carbocycles. The third-order valence-corrected chi connectivity index (χ3v) is 4.59. The second-order valence-electron chi connectivity index (χ2n) is 6.27. The van der Waals surface area contributed by atoms with Gasteiger partial charge in [0.2, 0.25) is 0 Å². The van der Waals surface area contributed by atoms with E-state index in [0.717, 1.165) is 42.0 Å². The van der Waals surface area contributed by atoms with E-state index in [4.69, 9.17) is 13.9 Å². The first kappa shape index (κ1) is 18.8. The highest BCUT2D eigenvalue weighted by Gasteiger charge is 2.19. The number of morpholine rings is 1. The second-order valence-corrected chi connectivity index (χ2v) is 6.27. The van der Waals surface area contributed by atoms with Crippen molar-refractivity contribution in [3.05, 3.63) is 39.2 Å². The standard InChI is InChI=1S/C18H23NO4.ClH/c1-11-12(2)18(20)23-17-13(3)16(6-5-15(11)17)22-10-14-9-19(4)7-8-21-14;/h5-6,14H,7-10H2,1-4H3;1H. The van der Waals surface area contributed by atoms with Crippen molar-refractivity contribution in [2.45, 2.75) is 26.9 Å². The molecule has 6 heteroatoms. The molecule has 0 radical (unpaired) electrons. The summed E-state index contributed by atoms with van der Waals surface area (Å²) in [6.45, 7) is 8.69. The summed E-state index contributed by atoms with van der Waals surface area (Å²) in [5.41, 5.74) is 2.80. The predicted octanol–water partition coefficient (Wildman–Crippen LogP) is 2.85. The molecule has 1 saturated heterocycles. The van der Waals surface area contributed by atoms with Gasteiger partial charge in [-0.15, -0.1) is 12.4 Å². The lowest BCUT2D eigenvalue weighted by atomic mass is 10.0. The quantitative estimate of drug-likeness (QED) is 0.794. The monoisotopic (exact) mass is 353 g/mol. The molecule has 24 heavy (non-hydrogen) atoms. The van der Waals surface area contributed by atoms with Crippen molar-refractivity contribution in [3.8, 4) is 5.75 Å². The van der Waals surface area contributed by atoms with Crippen LogP contribution in [-0.2, 0) is 4.74 Å². The number of nitrogens with zero attached hydrogens (tertiary/aromatic N) is 1. The third-order valence-electron chi connectivity index (χ3n) is 4.59. The Bertz CT molecular complexity index is 787. The molecule has 0 amide bonds. The van der Waals surface area contributed by atoms with E-state index in [-0.39, 0.29) is 24.1 Å². The fourth-order valence-corrected chi connectivity index (χ4v) is 2.93. The molecule has 2 aromatic rings. The molecule has 1 aliphatic heterocycles. The van der Waals surface area contributed by atoms with E-state index >= 15 is 0 Å². The van der Waals surface area contributed by atoms with Gasteiger partial charge in [0.25, 0.3) is 0 Å². The topological polar surface area (TPSA) is 51.9 Å². The van der Waals surface area contributed by atoms with Crippen LogP contribution in [0.2, 0.25) is 0 Å². The van der Waals surface area contributed by atoms with E-state index in [1.54, 1.807) is 6.92 Å². The van der Waals surface area contributed by atoms with Gasteiger partial charge in [0.1, 0.15) is 24.0 Å². The SMILES string of the molecule is Cc1c(C)c2ccc(OCC3CN(C)CCO3)c(C)c2oc1=O.Cl. The molecular weight excluding hydrogens is 330 g/mol. The van der Waals surface area contributed by atoms with Crippen LogP contribution in [0.25, 0.3) is 11.0 Å². The lowest BCUT2D eigenvalue weighted by Crippen LogP contribution is -2.42. The fourth-order valence-electron chi connectivity index (χ4n) is 2.93. The number of hydrogen-bond donors (Lipinski definition) is 0. The van der Waals surface area contributed by atoms with Gasteiger partial charge < -0.3 is 18.8 Å². The van der Waals surface area contributed by atoms with Gasteiger partial charge in [-0.1, -0.05) is 0 Å². The summed E-state index contributed by atoms with van der Waals surface area (Å²) in [5, 5.41) is 0.959. The molecule has 0 saturated carbocycles. The molecule has 1 fully saturated rings. The molecule has 1 unspecified atom stereocenters. The Hall–Kier alpha value is -1.56. The van der Waals surface area contributed by atoms with E-state index in [0.29, 0.717) is 17.8 Å². The molecule has 132 valence electrons. The highest BCUT2D eigenvalue weighted by Crippen LogP contribution is 2.29. The predicted molar refractivity (Wildman–Crippen MR) is 96.7 cm³/mol. The van der Waals surface area contributed by atoms with Crippen molar-refractivity contribution >= 4 is 23.4 Å². The van der Waals surface area contributed by atoms with Crippen molar-refractivity contribution in [2.75, 3.05) is 33.4 Å². The van der Waals surface area contributed by atoms with Crippen LogP contribution in [0.1, 0.15) is 16.7 Å². The maximum Gasteiger partial charge on any atom is 0.339 e. The van der Waals surface area contributed by atoms with Crippen LogP contribution in [0, 0.1) is 20.8 Å². The number of benzene rings is 1. The van der Waals surface area contributed by atoms with Gasteiger partial charge in [-0.3, -0.25) is 0 Å². The minimum absolute atomic E-state index is 0. The second kappa shape index (κ2) is 7.55. The Kier molecular flexibility index (Phi) is 5.91. The van der Waals surface area contributed by atoms with Crippen LogP contribution in [-0.4, -0.2) is 44.4 Å². The Labute approximate surface area is 147 Å². The summed E-state index contributed by atoms with van der Waals surface area (Å²) in [6, 6.07) is 3.90. The zero-order chi connectivity index (χ0) is 16.6. The smallest absolute Gasteiger partial charge is 0.339 e. The van der Waals surface area contributed by atoms with Crippen molar-refractivity contribution < 1.29 is 13.9 Å². The average Bonchev–Trinajstić information content (AvgIpc) is 2.53. The Morgan fingerprint density at radius 1 is 1.21 bits per heavy atom. The summed E-state index contributed by atoms with van der Waals surface area (Å²) >= 11 is 0. The molecule has 0 N–H and O–H groups in total. The Morgan fingerprint density at radius 2 is 1.96 bits per heavy atom. The number of aryl methyl sites for hydroxylation is 2. The van der Waals surface area contributed by atoms with E-state index in [9.17, 15) is 4.79 Å². The minimum atomic E-state index is -0.285. The number of fused-ring (bicyclic) bond motifs is 1. The van der Waals surface area contributed by atoms with E-state index < -0.39 is 0 Å². The minimum Gasteiger partial charge on any atom is -0.490 e. The molecule has 1 aliphatic rings. The molecule has 2 heterocycles. The summed E-state index contributed by atoms with van der Waals surface area (Å²) in [4.78, 5) is 14.2. The number of hydrogen-bond acceptors (Lipinski definition) is 5. The molecule has 1 aromatic heterocycles. The summed E-state index contributed by atoms with van der Waals surface area (Å²) in [6.07, 6.45) is 0.0654. The van der Waals surface area contributed by atoms with Crippen LogP contribution in [0.4, 0.5) is 0 Å². The molecule has 3 rings (SSSR count). The third kappa shape index (κ3) is 3.58. The molecule has 5 nitrogen and oxygen atoms in total. The average molecular weight is 354 g/mol. The fraction of sp³-hybridized carbons (Fsp3) is 0.500. The first-order valence-corrected chi connectivity index (χ1v) is 7.94. The van der Waals surface area contributed by atoms with Gasteiger partial charge in [0.05, 0.1) is 6.61 Å². The Balaban J connectivity index is 0.00000208. The zero-order valence-electron chi connectivity index (χ0n) is 14.5. The van der Waals surface area contributed by atoms with Crippen molar-refractivity contribution in [3.63, 3.8) is 0 Å². The van der Waals surface area contributed by atoms with E-state index in [1.165, 1.54) is 0 Å². The van der Waals surface area contributed by atoms with Crippen molar-refractivity contribution in [2.24, 2.45) is 0 Å². The summed E-state index contributed by atoms with van der Waals surface area (Å²) in [7, 11) is 2.08. The molecule has 0 spiro atoms. The molecule has 1 atom stereocenters. The summed E-state index contributed by atoms with van der Waals surface area (Å²) in [5.74, 6) is 0.737. The van der Waals surface area contributed by atoms with Gasteiger partial charge >= 0.3 is 5.63 Å². The van der Waals surface area contributed by atoms with Gasteiger partial charge in [-0.25, -0.2) is 4.79 Å². The van der Waals surface area contributed by atoms with Gasteiger partial charge in [-0.05, 0) is 45.5 Å². The van der Waals surface area contributed by atoms with Crippen molar-refractivity contribution in [1.29, 1.82) is 0 Å². The van der Waals surface area contributed by atoms with Gasteiger partial charge in [-0.2, -0.15) is 0 Å². The van der Waals surface area contributed by atoms with Crippen LogP contribution < -0.4 is 10.4 Å². The van der Waals surface area contributed by atoms with Crippen LogP contribution in [0.5, 0.6) is 5.75 Å². The lowest BCUT2D eigenvalue weighted by molar-refractivity contribution is -0.0404. The van der Waals surface area contributed by atoms with Gasteiger partial charge in [0.15, 0.2) is 0 Å². The maximum atomic E-state index is 11.9. The zero-order valence-corrected chi connectivity index (χ0v) is 15.4. The number of likely N-dealkylation sites (N-methyl/N-ethyl adjacent to an activating group) is 1. The van der Waals surface area contributed by atoms with Crippen molar-refractivity contribution in [1.82, 2.24) is 4.90 Å². The normalized spacial score (nSPS) is 18.4. The van der Waals surface area contributed by atoms with Gasteiger partial charge in [0, 0.05) is 29.6 Å². The van der Waals surface area contributed by atoms with Crippen LogP contribution >= 0.6 is 12.4 Å². The molecule has 0 aliphatic carbocycles. The van der Waals surface area contributed by atoms with E-state index in [2.05, 4.69) is 11.9 Å². The summed E-state index contributed by atoms with van der Waals surface area (Å²) < 4.78 is 17.1. The van der Waals surface area contributed by atoms with Crippen LogP contribution in [0.3, 0.4) is 0 Å². The lowest BCUT2D eigenvalue weighted by Gasteiger charge is -2.30. The Morgan fingerprint density at radius 3 is 2.67 bits per heavy atom. The first-order chi connectivity index (χ1) is 11.0. The van der Waals surface area contributed by atoms with Crippen LogP contribution in [0.15, 0.2) is 21.3 Å². The number of halogens is 1. The molecular formula is C18H24ClNO4. The van der Waals surface area contributed by atoms with E-state index in [1.807, 2.05) is 26.0 Å². The number of ether oxygens (including phenoxy) is 2. The molecule has 0 bridgehead atoms. The first-order valence-electron chi connectivity index (χ1n) is 7.94. The number of rotatable bonds is 3. The highest BCUT2D eigenvalue weighted by molar-refractivity contribution is 5.85. The highest BCUT2D eigenvalue weighted by atomic mass is 35.5.